The number of benzene rings is 1. The van der Waals surface area contributed by atoms with E-state index >= 15 is 0 Å². The van der Waals surface area contributed by atoms with Gasteiger partial charge >= 0.3 is 86.7 Å². The Labute approximate surface area is 787 Å². The van der Waals surface area contributed by atoms with Gasteiger partial charge in [-0.2, -0.15) is 0 Å². The standard InChI is InChI=1S/C94H173N5O19P2.2Na.2H/c1-7-13-19-25-29-33-35-39-41-47-53-59-89(100)98-83(78-110-72-67-86(57-51-45-23-17-11-5)117-91(102)61-55-49-43-37-31-27-21-15-9-3)80-115-119(106,107)113-75-70-96-93(104)88(77-82-63-65-85(66-64-82)112-74-69-95)94(105)97-71-76-114-120(108,109)116-81-84(99-90(101)60-54-48-42-40-36-34-30-26-20-14-8-2)79-111-73-68-87(58-52-46-24-18-12-6)118-92(103)62-56-50-44-38-32-28-22-16-10-4;;;;/h37-38,43-44,63-66,83-84,86-88H,7-36,39-42,45-62,67-81,95H2,1-6H3,(H,96,104)(H,97,105)(H,98,100)(H,99,101)(H,106,107)(H,108,109);;;;/q;2*+1;2*-1/b43-37-,44-38-;;;;/t83?,84?,86-,87-,88?;;;;/m1..../s1. The molecule has 0 radical (unpaired) electrons. The molecule has 0 saturated heterocycles. The maximum absolute atomic E-state index is 14.0. The topological polar surface area (TPSA) is 334 Å². The Morgan fingerprint density at radius 3 is 1.05 bits per heavy atom. The Bertz CT molecular complexity index is 2660. The fraction of sp³-hybridized carbons (Fsp3) is 0.830. The Balaban J connectivity index is -0.0000180. The summed E-state index contributed by atoms with van der Waals surface area (Å²) in [6.07, 6.45) is 61.2. The van der Waals surface area contributed by atoms with Crippen LogP contribution >= 0.6 is 15.6 Å². The number of nitrogens with two attached hydrogens (primary N) is 1. The van der Waals surface area contributed by atoms with Gasteiger partial charge in [0.25, 0.3) is 0 Å². The van der Waals surface area contributed by atoms with E-state index in [1.807, 2.05) is 0 Å². The van der Waals surface area contributed by atoms with E-state index in [0.29, 0.717) is 75.5 Å². The minimum atomic E-state index is -4.84. The average molecular weight is 1790 g/mol. The molecule has 0 aliphatic rings. The predicted octanol–water partition coefficient (Wildman–Crippen LogP) is 16.0. The van der Waals surface area contributed by atoms with Crippen molar-refractivity contribution in [1.82, 2.24) is 21.3 Å². The molecule has 122 heavy (non-hydrogen) atoms. The summed E-state index contributed by atoms with van der Waals surface area (Å²) in [7, 11) is -9.68. The second kappa shape index (κ2) is 87.7. The van der Waals surface area contributed by atoms with Gasteiger partial charge in [-0.3, -0.25) is 46.9 Å². The van der Waals surface area contributed by atoms with Gasteiger partial charge in [0.2, 0.25) is 23.6 Å². The number of phosphoric acid groups is 2. The van der Waals surface area contributed by atoms with Crippen LogP contribution in [0.5, 0.6) is 5.75 Å². The maximum atomic E-state index is 14.0. The van der Waals surface area contributed by atoms with Crippen LogP contribution in [0.2, 0.25) is 0 Å². The zero-order valence-electron chi connectivity index (χ0n) is 80.2. The van der Waals surface area contributed by atoms with Crippen LogP contribution in [0, 0.1) is 5.92 Å². The van der Waals surface area contributed by atoms with Crippen LogP contribution in [0.4, 0.5) is 0 Å². The summed E-state index contributed by atoms with van der Waals surface area (Å²) in [4.78, 5) is 103. The van der Waals surface area contributed by atoms with Crippen LogP contribution < -0.4 is 90.9 Å². The molecule has 0 fully saturated rings. The maximum Gasteiger partial charge on any atom is 1.00 e. The summed E-state index contributed by atoms with van der Waals surface area (Å²) in [5.74, 6) is -3.43. The predicted molar refractivity (Wildman–Crippen MR) is 487 cm³/mol. The van der Waals surface area contributed by atoms with Crippen molar-refractivity contribution in [1.29, 1.82) is 0 Å². The third-order valence-corrected chi connectivity index (χ3v) is 23.2. The van der Waals surface area contributed by atoms with Gasteiger partial charge < -0.3 is 63.3 Å². The number of phosphoric ester groups is 2. The van der Waals surface area contributed by atoms with E-state index in [2.05, 4.69) is 87.1 Å². The number of allylic oxidation sites excluding steroid dienone is 4. The number of hydrogen-bond acceptors (Lipinski definition) is 18. The molecule has 0 saturated carbocycles. The third kappa shape index (κ3) is 77.4. The number of amides is 4. The number of rotatable bonds is 89. The number of esters is 2. The van der Waals surface area contributed by atoms with Gasteiger partial charge in [0, 0.05) is 58.2 Å². The van der Waals surface area contributed by atoms with Crippen molar-refractivity contribution >= 4 is 51.2 Å². The number of nitrogens with one attached hydrogen (secondary N) is 4. The molecular formula is C94H175N5Na2O19P2. The zero-order valence-corrected chi connectivity index (χ0v) is 84.0. The van der Waals surface area contributed by atoms with Gasteiger partial charge in [0.05, 0.1) is 64.9 Å². The molecule has 0 aliphatic heterocycles. The normalized spacial score (nSPS) is 13.7. The molecule has 0 heterocycles. The molecule has 1 aromatic rings. The summed E-state index contributed by atoms with van der Waals surface area (Å²) in [5.41, 5.74) is 6.22. The molecule has 28 heteroatoms. The minimum absolute atomic E-state index is 0. The fourth-order valence-corrected chi connectivity index (χ4v) is 15.5. The summed E-state index contributed by atoms with van der Waals surface area (Å²) >= 11 is 0. The summed E-state index contributed by atoms with van der Waals surface area (Å²) in [6.45, 7) is 11.3. The van der Waals surface area contributed by atoms with Gasteiger partial charge in [0.15, 0.2) is 0 Å². The molecule has 0 aliphatic carbocycles. The van der Waals surface area contributed by atoms with E-state index in [-0.39, 0.29) is 170 Å². The van der Waals surface area contributed by atoms with Crippen molar-refractivity contribution in [2.75, 3.05) is 79.1 Å². The van der Waals surface area contributed by atoms with Crippen molar-refractivity contribution in [3.8, 4) is 5.75 Å². The van der Waals surface area contributed by atoms with Crippen LogP contribution in [0.25, 0.3) is 0 Å². The van der Waals surface area contributed by atoms with E-state index < -0.39 is 71.9 Å². The van der Waals surface area contributed by atoms with Gasteiger partial charge in [-0.05, 0) is 114 Å². The molecule has 1 aromatic carbocycles. The largest absolute Gasteiger partial charge is 1.00 e. The number of ether oxygens (including phenoxy) is 5. The van der Waals surface area contributed by atoms with Crippen LogP contribution in [-0.2, 0) is 81.4 Å². The zero-order chi connectivity index (χ0) is 87.7. The molecule has 8 N–H and O–H groups in total. The number of carbonyl (C=O) groups excluding carboxylic acids is 6. The van der Waals surface area contributed by atoms with E-state index in [4.69, 9.17) is 47.5 Å². The van der Waals surface area contributed by atoms with Crippen molar-refractivity contribution in [2.24, 2.45) is 11.7 Å². The monoisotopic (exact) mass is 1790 g/mol. The third-order valence-electron chi connectivity index (χ3n) is 21.3. The van der Waals surface area contributed by atoms with Crippen molar-refractivity contribution < 1.29 is 151 Å². The van der Waals surface area contributed by atoms with Crippen LogP contribution in [0.15, 0.2) is 48.6 Å². The van der Waals surface area contributed by atoms with Crippen molar-refractivity contribution in [3.05, 3.63) is 54.1 Å². The minimum Gasteiger partial charge on any atom is -1.00 e. The molecule has 24 nitrogen and oxygen atoms in total. The van der Waals surface area contributed by atoms with E-state index in [1.54, 1.807) is 24.3 Å². The van der Waals surface area contributed by atoms with Crippen LogP contribution in [0.1, 0.15) is 397 Å². The smallest absolute Gasteiger partial charge is 1.00 e. The van der Waals surface area contributed by atoms with Crippen LogP contribution in [0.3, 0.4) is 0 Å². The molecule has 6 atom stereocenters. The molecule has 4 amide bonds. The van der Waals surface area contributed by atoms with Gasteiger partial charge in [-0.25, -0.2) is 9.13 Å². The first-order valence-electron chi connectivity index (χ1n) is 48.0. The Morgan fingerprint density at radius 2 is 0.705 bits per heavy atom. The molecule has 1 rings (SSSR count). The summed E-state index contributed by atoms with van der Waals surface area (Å²) in [6, 6.07) is 5.01. The quantitative estimate of drug-likeness (QED) is 0.00795. The van der Waals surface area contributed by atoms with Crippen LogP contribution in [-0.4, -0.2) is 149 Å². The summed E-state index contributed by atoms with van der Waals surface area (Å²) < 4.78 is 78.6. The molecule has 4 unspecified atom stereocenters. The second-order valence-electron chi connectivity index (χ2n) is 32.7. The van der Waals surface area contributed by atoms with Gasteiger partial charge in [0.1, 0.15) is 30.5 Å². The van der Waals surface area contributed by atoms with Crippen molar-refractivity contribution in [2.45, 2.75) is 419 Å². The Morgan fingerprint density at radius 1 is 0.385 bits per heavy atom. The molecule has 0 aromatic heterocycles. The number of unbranched alkanes of at least 4 members (excludes halogenated alkanes) is 38. The molecular weight excluding hydrogens is 1610 g/mol. The number of carbonyl (C=O) groups is 6. The molecule has 0 bridgehead atoms. The van der Waals surface area contributed by atoms with E-state index in [1.165, 1.54) is 141 Å². The molecule has 702 valence electrons. The first-order valence-corrected chi connectivity index (χ1v) is 51.0. The average Bonchev–Trinajstić information content (AvgIpc) is 0.872. The number of hydrogen-bond donors (Lipinski definition) is 7. The Kier molecular flexibility index (Phi) is 87.3. The molecule has 0 spiro atoms. The first-order chi connectivity index (χ1) is 58.3. The fourth-order valence-electron chi connectivity index (χ4n) is 14.0. The van der Waals surface area contributed by atoms with E-state index in [0.717, 1.165) is 128 Å². The summed E-state index contributed by atoms with van der Waals surface area (Å²) in [5, 5.41) is 11.1. The SMILES string of the molecule is CCCCCC/C=C\CCCC(=O)O[C@H](CCCCCCC)CCOCC(COP(=O)(O)OCCNC(=O)C(Cc1ccc(OCCN)cc1)C(=O)NCCOP(=O)(O)OCC(COCC[C@@H](CCCCCCC)OC(=O)CCC/C=C\CCCCCC)NC(=O)CCCCCCCCCCCCC)NC(=O)CCCCCCCCCCCCC.[H-].[H-].[Na+].[Na+]. The van der Waals surface area contributed by atoms with Gasteiger partial charge in [-0.15, -0.1) is 0 Å². The van der Waals surface area contributed by atoms with E-state index in [9.17, 15) is 47.7 Å². The van der Waals surface area contributed by atoms with Crippen molar-refractivity contribution in [3.63, 3.8) is 0 Å². The Hall–Kier alpha value is -2.58. The second-order valence-corrected chi connectivity index (χ2v) is 35.6. The first kappa shape index (κ1) is 121. The van der Waals surface area contributed by atoms with Gasteiger partial charge in [-0.1, -0.05) is 296 Å².